The fourth-order valence-corrected chi connectivity index (χ4v) is 2.97. The zero-order valence-corrected chi connectivity index (χ0v) is 14.6. The summed E-state index contributed by atoms with van der Waals surface area (Å²) < 4.78 is 5.43. The molecule has 0 spiro atoms. The molecule has 24 heavy (non-hydrogen) atoms. The second-order valence-electron chi connectivity index (χ2n) is 6.08. The van der Waals surface area contributed by atoms with Crippen LogP contribution in [0.3, 0.4) is 0 Å². The Morgan fingerprint density at radius 3 is 3.12 bits per heavy atom. The Bertz CT molecular complexity index is 718. The van der Waals surface area contributed by atoms with Gasteiger partial charge in [-0.05, 0) is 38.3 Å². The molecule has 1 aliphatic heterocycles. The molecular formula is C17H21ClN4O2. The molecule has 128 valence electrons. The first-order chi connectivity index (χ1) is 11.6. The number of nitrogens with zero attached hydrogens (tertiary/aromatic N) is 3. The summed E-state index contributed by atoms with van der Waals surface area (Å²) in [6, 6.07) is 7.20. The molecule has 1 aromatic heterocycles. The summed E-state index contributed by atoms with van der Waals surface area (Å²) in [6.45, 7) is 4.73. The van der Waals surface area contributed by atoms with Crippen LogP contribution in [0.25, 0.3) is 11.4 Å². The minimum absolute atomic E-state index is 0.0747. The summed E-state index contributed by atoms with van der Waals surface area (Å²) in [4.78, 5) is 18.7. The summed E-state index contributed by atoms with van der Waals surface area (Å²) in [7, 11) is 0. The molecule has 0 bridgehead atoms. The van der Waals surface area contributed by atoms with Crippen LogP contribution in [0.1, 0.15) is 45.0 Å². The number of rotatable bonds is 4. The monoisotopic (exact) mass is 348 g/mol. The lowest BCUT2D eigenvalue weighted by atomic mass is 10.2. The Kier molecular flexibility index (Phi) is 5.04. The summed E-state index contributed by atoms with van der Waals surface area (Å²) >= 11 is 6.01. The highest BCUT2D eigenvalue weighted by Gasteiger charge is 2.34. The van der Waals surface area contributed by atoms with E-state index in [1.165, 1.54) is 0 Å². The van der Waals surface area contributed by atoms with E-state index in [9.17, 15) is 4.79 Å². The Labute approximate surface area is 146 Å². The van der Waals surface area contributed by atoms with E-state index in [0.717, 1.165) is 24.8 Å². The van der Waals surface area contributed by atoms with Gasteiger partial charge in [0.2, 0.25) is 11.7 Å². The summed E-state index contributed by atoms with van der Waals surface area (Å²) in [5, 5.41) is 7.66. The van der Waals surface area contributed by atoms with Crippen molar-refractivity contribution in [3.63, 3.8) is 0 Å². The lowest BCUT2D eigenvalue weighted by Crippen LogP contribution is -2.43. The molecule has 1 aliphatic rings. The standard InChI is InChI=1S/C17H21ClN4O2/c1-3-11(2)19-17(23)22-9-5-8-14(22)16-20-15(21-24-16)12-6-4-7-13(18)10-12/h4,6-7,10-11,14H,3,5,8-9H2,1-2H3,(H,19,23)/t11-,14+/m0/s1. The van der Waals surface area contributed by atoms with E-state index in [1.54, 1.807) is 17.0 Å². The highest BCUT2D eigenvalue weighted by atomic mass is 35.5. The van der Waals surface area contributed by atoms with Crippen LogP contribution in [0.2, 0.25) is 5.02 Å². The molecule has 1 fully saturated rings. The summed E-state index contributed by atoms with van der Waals surface area (Å²) in [5.41, 5.74) is 0.797. The number of likely N-dealkylation sites (tertiary alicyclic amines) is 1. The van der Waals surface area contributed by atoms with Gasteiger partial charge >= 0.3 is 6.03 Å². The molecule has 3 rings (SSSR count). The first-order valence-corrected chi connectivity index (χ1v) is 8.63. The van der Waals surface area contributed by atoms with Gasteiger partial charge in [0.05, 0.1) is 0 Å². The van der Waals surface area contributed by atoms with E-state index in [0.29, 0.717) is 23.3 Å². The average Bonchev–Trinajstić information content (AvgIpc) is 3.23. The van der Waals surface area contributed by atoms with E-state index in [1.807, 2.05) is 26.0 Å². The van der Waals surface area contributed by atoms with Crippen LogP contribution in [0.15, 0.2) is 28.8 Å². The molecule has 2 heterocycles. The van der Waals surface area contributed by atoms with Gasteiger partial charge in [-0.25, -0.2) is 4.79 Å². The van der Waals surface area contributed by atoms with Crippen molar-refractivity contribution < 1.29 is 9.32 Å². The zero-order valence-electron chi connectivity index (χ0n) is 13.8. The normalized spacial score (nSPS) is 18.6. The van der Waals surface area contributed by atoms with E-state index < -0.39 is 0 Å². The fraction of sp³-hybridized carbons (Fsp3) is 0.471. The molecule has 1 saturated heterocycles. The molecule has 2 aromatic rings. The maximum Gasteiger partial charge on any atom is 0.318 e. The van der Waals surface area contributed by atoms with E-state index >= 15 is 0 Å². The van der Waals surface area contributed by atoms with Crippen molar-refractivity contribution in [3.05, 3.63) is 35.2 Å². The van der Waals surface area contributed by atoms with Crippen LogP contribution in [0, 0.1) is 0 Å². The van der Waals surface area contributed by atoms with Crippen molar-refractivity contribution in [1.82, 2.24) is 20.4 Å². The van der Waals surface area contributed by atoms with Gasteiger partial charge in [-0.3, -0.25) is 0 Å². The molecule has 1 aromatic carbocycles. The predicted molar refractivity (Wildman–Crippen MR) is 91.7 cm³/mol. The maximum atomic E-state index is 12.4. The number of carbonyl (C=O) groups excluding carboxylic acids is 1. The number of hydrogen-bond donors (Lipinski definition) is 1. The SMILES string of the molecule is CC[C@H](C)NC(=O)N1CCC[C@@H]1c1nc(-c2cccc(Cl)c2)no1. The molecule has 0 saturated carbocycles. The Hall–Kier alpha value is -2.08. The van der Waals surface area contributed by atoms with Crippen LogP contribution in [0.4, 0.5) is 4.79 Å². The highest BCUT2D eigenvalue weighted by molar-refractivity contribution is 6.30. The van der Waals surface area contributed by atoms with Crippen molar-refractivity contribution in [2.45, 2.75) is 45.2 Å². The topological polar surface area (TPSA) is 71.3 Å². The number of benzene rings is 1. The molecular weight excluding hydrogens is 328 g/mol. The summed E-state index contributed by atoms with van der Waals surface area (Å²) in [6.07, 6.45) is 2.64. The van der Waals surface area contributed by atoms with Gasteiger partial charge in [0.1, 0.15) is 6.04 Å². The number of urea groups is 1. The van der Waals surface area contributed by atoms with Crippen molar-refractivity contribution in [3.8, 4) is 11.4 Å². The minimum Gasteiger partial charge on any atom is -0.337 e. The van der Waals surface area contributed by atoms with Gasteiger partial charge in [0.25, 0.3) is 0 Å². The maximum absolute atomic E-state index is 12.4. The smallest absolute Gasteiger partial charge is 0.318 e. The molecule has 7 heteroatoms. The van der Waals surface area contributed by atoms with Crippen LogP contribution in [-0.4, -0.2) is 33.7 Å². The molecule has 6 nitrogen and oxygen atoms in total. The number of amides is 2. The molecule has 0 unspecified atom stereocenters. The van der Waals surface area contributed by atoms with Gasteiger partial charge in [-0.15, -0.1) is 0 Å². The van der Waals surface area contributed by atoms with Gasteiger partial charge < -0.3 is 14.7 Å². The number of halogens is 1. The van der Waals surface area contributed by atoms with Gasteiger partial charge in [0.15, 0.2) is 0 Å². The van der Waals surface area contributed by atoms with Gasteiger partial charge in [0, 0.05) is 23.2 Å². The minimum atomic E-state index is -0.172. The second-order valence-corrected chi connectivity index (χ2v) is 6.51. The largest absolute Gasteiger partial charge is 0.337 e. The molecule has 2 atom stereocenters. The predicted octanol–water partition coefficient (Wildman–Crippen LogP) is 4.04. The lowest BCUT2D eigenvalue weighted by Gasteiger charge is -2.24. The van der Waals surface area contributed by atoms with Crippen molar-refractivity contribution in [1.29, 1.82) is 0 Å². The fourth-order valence-electron chi connectivity index (χ4n) is 2.78. The van der Waals surface area contributed by atoms with E-state index in [2.05, 4.69) is 15.5 Å². The summed E-state index contributed by atoms with van der Waals surface area (Å²) in [5.74, 6) is 0.962. The lowest BCUT2D eigenvalue weighted by molar-refractivity contribution is 0.177. The molecule has 2 amide bonds. The second kappa shape index (κ2) is 7.21. The van der Waals surface area contributed by atoms with Crippen LogP contribution in [0.5, 0.6) is 0 Å². The number of nitrogens with one attached hydrogen (secondary N) is 1. The number of aromatic nitrogens is 2. The third-order valence-corrected chi connectivity index (χ3v) is 4.54. The van der Waals surface area contributed by atoms with E-state index in [-0.39, 0.29) is 18.1 Å². The Morgan fingerprint density at radius 1 is 1.54 bits per heavy atom. The quantitative estimate of drug-likeness (QED) is 0.905. The van der Waals surface area contributed by atoms with Crippen molar-refractivity contribution in [2.75, 3.05) is 6.54 Å². The molecule has 0 radical (unpaired) electrons. The Morgan fingerprint density at radius 2 is 2.38 bits per heavy atom. The first kappa shape index (κ1) is 16.8. The Balaban J connectivity index is 1.77. The number of hydrogen-bond acceptors (Lipinski definition) is 4. The van der Waals surface area contributed by atoms with E-state index in [4.69, 9.17) is 16.1 Å². The van der Waals surface area contributed by atoms with Gasteiger partial charge in [-0.2, -0.15) is 4.98 Å². The zero-order chi connectivity index (χ0) is 17.1. The van der Waals surface area contributed by atoms with Crippen LogP contribution < -0.4 is 5.32 Å². The molecule has 0 aliphatic carbocycles. The first-order valence-electron chi connectivity index (χ1n) is 8.25. The van der Waals surface area contributed by atoms with Crippen LogP contribution >= 0.6 is 11.6 Å². The van der Waals surface area contributed by atoms with Crippen molar-refractivity contribution in [2.24, 2.45) is 0 Å². The molecule has 1 N–H and O–H groups in total. The average molecular weight is 349 g/mol. The van der Waals surface area contributed by atoms with Gasteiger partial charge in [-0.1, -0.05) is 35.8 Å². The number of carbonyl (C=O) groups is 1. The third kappa shape index (κ3) is 3.53. The highest BCUT2D eigenvalue weighted by Crippen LogP contribution is 2.32. The van der Waals surface area contributed by atoms with Crippen molar-refractivity contribution >= 4 is 17.6 Å². The van der Waals surface area contributed by atoms with Crippen LogP contribution in [-0.2, 0) is 0 Å². The third-order valence-electron chi connectivity index (χ3n) is 4.31.